The second-order valence-corrected chi connectivity index (χ2v) is 39.0. The molecule has 3 saturated heterocycles. The summed E-state index contributed by atoms with van der Waals surface area (Å²) in [5.74, 6) is 2.70. The van der Waals surface area contributed by atoms with Crippen LogP contribution < -0.4 is 31.3 Å². The van der Waals surface area contributed by atoms with E-state index in [-0.39, 0.29) is 28.4 Å². The SMILES string of the molecule is CC(=O)Cc1cccc(Nc2ncc3c(n2)-c2nc(CN4CCN(C(C)=O)CC4)sc2CC3)c1.CC(=O)N1CCN(Cc2nc3c(s2)CCc2cnc(Nc4cc(C)cc(C)c4)nc2-3)CC1.CC(=O)N1CCN(Cc2nc3c(s2)CCc2cnc(Nc4cccc(S(N)(=O)=O)c4)nc2-3)CC1.Cc1cc(C)cc(Nc2ncc3c(n2)-c2nc(N(C)C)sc2CC3)c1. The number of rotatable bonds is 18. The predicted octanol–water partition coefficient (Wildman–Crippen LogP) is 12.8. The molecule has 125 heavy (non-hydrogen) atoms. The summed E-state index contributed by atoms with van der Waals surface area (Å²) in [5.41, 5.74) is 21.3. The Morgan fingerprint density at radius 2 is 0.704 bits per heavy atom. The lowest BCUT2D eigenvalue weighted by Crippen LogP contribution is -2.47. The summed E-state index contributed by atoms with van der Waals surface area (Å²) < 4.78 is 23.3. The van der Waals surface area contributed by atoms with Crippen LogP contribution in [0.4, 0.5) is 51.7 Å². The number of carbonyl (C=O) groups is 4. The van der Waals surface area contributed by atoms with E-state index in [1.54, 1.807) is 91.4 Å². The maximum Gasteiger partial charge on any atom is 0.238 e. The molecule has 0 atom stereocenters. The van der Waals surface area contributed by atoms with E-state index >= 15 is 0 Å². The fraction of sp³-hybridized carbons (Fsp3) is 0.378. The van der Waals surface area contributed by atoms with Crippen molar-refractivity contribution in [3.8, 4) is 45.6 Å². The highest BCUT2D eigenvalue weighted by Crippen LogP contribution is 2.42. The van der Waals surface area contributed by atoms with Gasteiger partial charge in [-0.25, -0.2) is 73.4 Å². The molecule has 648 valence electrons. The van der Waals surface area contributed by atoms with Crippen molar-refractivity contribution in [1.29, 1.82) is 0 Å². The lowest BCUT2D eigenvalue weighted by Gasteiger charge is -2.33. The number of fused-ring (bicyclic) bond motifs is 12. The molecule has 8 aromatic heterocycles. The zero-order chi connectivity index (χ0) is 87.3. The molecule has 0 saturated carbocycles. The normalized spacial score (nSPS) is 15.2. The number of benzene rings is 4. The molecule has 6 N–H and O–H groups in total. The van der Waals surface area contributed by atoms with E-state index in [1.807, 2.05) is 71.7 Å². The number of Topliss-reactive ketones (excluding diaryl/α,β-unsaturated/α-hetero) is 1. The fourth-order valence-electron chi connectivity index (χ4n) is 16.4. The Hall–Kier alpha value is -11.4. The number of amides is 3. The van der Waals surface area contributed by atoms with E-state index in [4.69, 9.17) is 45.0 Å². The number of aromatic nitrogens is 12. The molecule has 0 radical (unpaired) electrons. The largest absolute Gasteiger partial charge is 0.354 e. The average Bonchev–Trinajstić information content (AvgIpc) is 1.68. The molecule has 19 rings (SSSR count). The third-order valence-corrected chi connectivity index (χ3v) is 28.2. The Balaban J connectivity index is 0.000000124. The Kier molecular flexibility index (Phi) is 26.6. The Labute approximate surface area is 743 Å². The van der Waals surface area contributed by atoms with Gasteiger partial charge in [0.15, 0.2) is 5.13 Å². The third-order valence-electron chi connectivity index (χ3n) is 22.7. The van der Waals surface area contributed by atoms with Crippen LogP contribution in [0.15, 0.2) is 115 Å². The van der Waals surface area contributed by atoms with Gasteiger partial charge in [0.1, 0.15) is 43.6 Å². The number of nitrogens with zero attached hydrogens (tertiary/aromatic N) is 19. The number of nitrogens with two attached hydrogens (primary N) is 1. The van der Waals surface area contributed by atoms with Crippen LogP contribution in [0, 0.1) is 27.7 Å². The Morgan fingerprint density at radius 3 is 1.03 bits per heavy atom. The number of carbonyl (C=O) groups excluding carboxylic acids is 4. The van der Waals surface area contributed by atoms with Crippen molar-refractivity contribution in [2.24, 2.45) is 5.14 Å². The molecular formula is C90H102N24O6S5. The highest BCUT2D eigenvalue weighted by molar-refractivity contribution is 7.89. The molecule has 0 unspecified atom stereocenters. The van der Waals surface area contributed by atoms with Crippen LogP contribution in [-0.4, -0.2) is 214 Å². The molecule has 4 aliphatic carbocycles. The van der Waals surface area contributed by atoms with Gasteiger partial charge in [0.2, 0.25) is 51.5 Å². The molecular weight excluding hydrogens is 1670 g/mol. The van der Waals surface area contributed by atoms with Gasteiger partial charge in [-0.05, 0) is 191 Å². The molecule has 3 aliphatic heterocycles. The second-order valence-electron chi connectivity index (χ2n) is 32.8. The monoisotopic (exact) mass is 1770 g/mol. The molecule has 0 bridgehead atoms. The van der Waals surface area contributed by atoms with Gasteiger partial charge in [0.05, 0.1) is 47.3 Å². The summed E-state index contributed by atoms with van der Waals surface area (Å²) in [6.07, 6.45) is 15.5. The van der Waals surface area contributed by atoms with Crippen molar-refractivity contribution < 1.29 is 27.6 Å². The summed E-state index contributed by atoms with van der Waals surface area (Å²) in [7, 11) is 0.250. The summed E-state index contributed by atoms with van der Waals surface area (Å²) in [4.78, 5) is 123. The van der Waals surface area contributed by atoms with E-state index in [0.717, 1.165) is 255 Å². The van der Waals surface area contributed by atoms with Gasteiger partial charge in [-0.3, -0.25) is 33.9 Å². The molecule has 3 fully saturated rings. The minimum Gasteiger partial charge on any atom is -0.354 e. The number of sulfonamides is 1. The molecule has 0 spiro atoms. The zero-order valence-corrected chi connectivity index (χ0v) is 76.0. The number of primary sulfonamides is 1. The number of anilines is 9. The van der Waals surface area contributed by atoms with E-state index in [9.17, 15) is 27.6 Å². The van der Waals surface area contributed by atoms with Crippen molar-refractivity contribution in [1.82, 2.24) is 89.2 Å². The maximum absolute atomic E-state index is 11.6. The summed E-state index contributed by atoms with van der Waals surface area (Å²) in [5, 5.41) is 22.6. The fourth-order valence-corrected chi connectivity index (χ4v) is 21.3. The lowest BCUT2D eigenvalue weighted by molar-refractivity contribution is -0.131. The van der Waals surface area contributed by atoms with Crippen LogP contribution in [0.25, 0.3) is 45.6 Å². The van der Waals surface area contributed by atoms with Gasteiger partial charge in [0, 0.05) is 187 Å². The first-order chi connectivity index (χ1) is 60.1. The first-order valence-corrected chi connectivity index (χ1v) is 46.9. The molecule has 3 amide bonds. The highest BCUT2D eigenvalue weighted by atomic mass is 32.2. The van der Waals surface area contributed by atoms with Crippen molar-refractivity contribution in [2.75, 3.05) is 119 Å². The molecule has 12 aromatic rings. The standard InChI is InChI=1S/C25H28N6O2S.C24H28N6OS.C22H25N7O3S2.C19H21N5S/c1-16(32)12-18-4-3-5-20(13-18)27-25-26-14-19-6-7-21-24(23(19)29-25)28-22(34-21)15-30-8-10-31(11-9-30)17(2)33;1-15-10-16(2)12-19(11-15)26-24-25-13-18-4-5-20-23(22(18)28-24)27-21(32-20)14-29-6-8-30(9-7-29)17(3)31;1-14(30)29-9-7-28(8-10-29)13-19-26-21-18(33-19)6-5-15-12-24-22(27-20(15)21)25-16-3-2-4-17(11-16)34(23,31)32;1-11-7-12(2)9-14(8-11)21-18-20-10-13-5-6-15-17(16(13)22-18)23-19(25-15)24(3)4/h3-5,13-14H,6-12,15H2,1-2H3,(H,26,27,29);10-13H,4-9,14H2,1-3H3,(H,25,26,28);2-4,11-12H,5-10,13H2,1H3,(H2,23,31,32)(H,24,25,27);7-10H,5-6H2,1-4H3,(H,20,21,22). The zero-order valence-electron chi connectivity index (χ0n) is 71.9. The van der Waals surface area contributed by atoms with Crippen LogP contribution in [0.2, 0.25) is 0 Å². The maximum atomic E-state index is 11.6. The first-order valence-electron chi connectivity index (χ1n) is 42.1. The van der Waals surface area contributed by atoms with Gasteiger partial charge >= 0.3 is 0 Å². The van der Waals surface area contributed by atoms with E-state index in [0.29, 0.717) is 35.9 Å². The molecule has 30 nitrogen and oxygen atoms in total. The number of nitrogens with one attached hydrogen (secondary N) is 4. The van der Waals surface area contributed by atoms with Crippen molar-refractivity contribution in [2.45, 2.75) is 138 Å². The Bertz CT molecular complexity index is 6120. The molecule has 11 heterocycles. The number of hydrogen-bond donors (Lipinski definition) is 5. The molecule has 35 heteroatoms. The van der Waals surface area contributed by atoms with Crippen LogP contribution in [0.1, 0.15) is 112 Å². The summed E-state index contributed by atoms with van der Waals surface area (Å²) in [6.45, 7) is 27.1. The van der Waals surface area contributed by atoms with Crippen molar-refractivity contribution >= 4 is 131 Å². The predicted molar refractivity (Wildman–Crippen MR) is 493 cm³/mol. The van der Waals surface area contributed by atoms with Crippen molar-refractivity contribution in [3.05, 3.63) is 194 Å². The van der Waals surface area contributed by atoms with Crippen molar-refractivity contribution in [3.63, 3.8) is 0 Å². The van der Waals surface area contributed by atoms with E-state index in [1.165, 1.54) is 59.5 Å². The number of ketones is 1. The van der Waals surface area contributed by atoms with Crippen LogP contribution in [-0.2, 0) is 107 Å². The van der Waals surface area contributed by atoms with Gasteiger partial charge in [-0.2, -0.15) is 0 Å². The highest BCUT2D eigenvalue weighted by Gasteiger charge is 2.32. The number of piperazine rings is 3. The lowest BCUT2D eigenvalue weighted by atomic mass is 10.00. The van der Waals surface area contributed by atoms with Crippen LogP contribution >= 0.6 is 45.3 Å². The van der Waals surface area contributed by atoms with Gasteiger partial charge < -0.3 is 40.9 Å². The quantitative estimate of drug-likeness (QED) is 0.0533. The smallest absolute Gasteiger partial charge is 0.238 e. The Morgan fingerprint density at radius 1 is 0.384 bits per heavy atom. The van der Waals surface area contributed by atoms with E-state index < -0.39 is 10.0 Å². The van der Waals surface area contributed by atoms with Crippen LogP contribution in [0.5, 0.6) is 0 Å². The topological polar surface area (TPSA) is 354 Å². The second kappa shape index (κ2) is 38.2. The van der Waals surface area contributed by atoms with Gasteiger partial charge in [-0.15, -0.1) is 45.3 Å². The summed E-state index contributed by atoms with van der Waals surface area (Å²) >= 11 is 7.04. The average molecular weight is 1780 g/mol. The summed E-state index contributed by atoms with van der Waals surface area (Å²) in [6, 6.07) is 26.8. The van der Waals surface area contributed by atoms with Gasteiger partial charge in [-0.1, -0.05) is 30.3 Å². The number of aryl methyl sites for hydroxylation is 12. The van der Waals surface area contributed by atoms with E-state index in [2.05, 4.69) is 125 Å². The molecule has 7 aliphatic rings. The number of hydrogen-bond acceptors (Lipinski definition) is 30. The molecule has 4 aromatic carbocycles. The third kappa shape index (κ3) is 21.6. The minimum absolute atomic E-state index is 0.0195. The number of thiazole rings is 4. The minimum atomic E-state index is -3.80. The van der Waals surface area contributed by atoms with Gasteiger partial charge in [0.25, 0.3) is 0 Å². The first kappa shape index (κ1) is 87.1. The van der Waals surface area contributed by atoms with Crippen LogP contribution in [0.3, 0.4) is 0 Å².